The van der Waals surface area contributed by atoms with Gasteiger partial charge >= 0.3 is 12.0 Å². The van der Waals surface area contributed by atoms with E-state index in [0.29, 0.717) is 32.1 Å². The molecule has 1 atom stereocenters. The van der Waals surface area contributed by atoms with Crippen LogP contribution in [0.5, 0.6) is 0 Å². The van der Waals surface area contributed by atoms with Gasteiger partial charge in [0.05, 0.1) is 0 Å². The van der Waals surface area contributed by atoms with Crippen LogP contribution >= 0.6 is 0 Å². The summed E-state index contributed by atoms with van der Waals surface area (Å²) in [6.07, 6.45) is 4.39. The Balaban J connectivity index is 2.00. The van der Waals surface area contributed by atoms with Crippen LogP contribution in [0.3, 0.4) is 0 Å². The van der Waals surface area contributed by atoms with Crippen molar-refractivity contribution in [2.75, 3.05) is 0 Å². The zero-order chi connectivity index (χ0) is 17.0. The number of ether oxygens (including phenoxy) is 1. The van der Waals surface area contributed by atoms with Gasteiger partial charge in [0, 0.05) is 13.0 Å². The molecule has 1 saturated carbocycles. The zero-order valence-electron chi connectivity index (χ0n) is 13.7. The molecule has 128 valence electrons. The molecule has 1 unspecified atom stereocenters. The van der Waals surface area contributed by atoms with Crippen LogP contribution in [-0.2, 0) is 19.1 Å². The Labute approximate surface area is 135 Å². The molecule has 0 aromatic heterocycles. The summed E-state index contributed by atoms with van der Waals surface area (Å²) >= 11 is 0. The van der Waals surface area contributed by atoms with Crippen molar-refractivity contribution < 1.29 is 23.9 Å². The summed E-state index contributed by atoms with van der Waals surface area (Å²) in [5, 5.41) is 2.30. The van der Waals surface area contributed by atoms with Crippen LogP contribution < -0.4 is 5.32 Å². The predicted octanol–water partition coefficient (Wildman–Crippen LogP) is 1.75. The van der Waals surface area contributed by atoms with Gasteiger partial charge in [0.15, 0.2) is 0 Å². The summed E-state index contributed by atoms with van der Waals surface area (Å²) in [4.78, 5) is 48.7. The highest BCUT2D eigenvalue weighted by Crippen LogP contribution is 2.28. The average Bonchev–Trinajstić information content (AvgIpc) is 2.48. The molecule has 1 aliphatic carbocycles. The van der Waals surface area contributed by atoms with Gasteiger partial charge in [-0.3, -0.25) is 24.6 Å². The lowest BCUT2D eigenvalue weighted by Crippen LogP contribution is -2.61. The van der Waals surface area contributed by atoms with E-state index in [1.807, 2.05) is 6.92 Å². The minimum absolute atomic E-state index is 0.149. The van der Waals surface area contributed by atoms with E-state index in [1.54, 1.807) is 0 Å². The number of amides is 4. The monoisotopic (exact) mass is 324 g/mol. The number of barbiturate groups is 1. The second-order valence-electron chi connectivity index (χ2n) is 6.24. The molecule has 23 heavy (non-hydrogen) atoms. The SMILES string of the molecule is CCCCC1C(=O)NC(=O)N(C2CCC(OC(C)=O)CC2)C1=O. The number of nitrogens with zero attached hydrogens (tertiary/aromatic N) is 1. The first kappa shape index (κ1) is 17.4. The molecule has 1 saturated heterocycles. The molecule has 0 spiro atoms. The van der Waals surface area contributed by atoms with Crippen molar-refractivity contribution in [1.82, 2.24) is 10.2 Å². The van der Waals surface area contributed by atoms with E-state index < -0.39 is 17.9 Å². The van der Waals surface area contributed by atoms with Gasteiger partial charge in [-0.25, -0.2) is 4.79 Å². The van der Waals surface area contributed by atoms with Gasteiger partial charge in [0.1, 0.15) is 12.0 Å². The number of esters is 1. The number of hydrogen-bond acceptors (Lipinski definition) is 5. The number of carbonyl (C=O) groups is 4. The van der Waals surface area contributed by atoms with E-state index in [-0.39, 0.29) is 24.0 Å². The fourth-order valence-corrected chi connectivity index (χ4v) is 3.30. The molecule has 0 aromatic carbocycles. The standard InChI is InChI=1S/C16H24N2O5/c1-3-4-5-13-14(20)17-16(22)18(15(13)21)11-6-8-12(9-7-11)23-10(2)19/h11-13H,3-9H2,1-2H3,(H,17,20,22). The highest BCUT2D eigenvalue weighted by atomic mass is 16.5. The zero-order valence-corrected chi connectivity index (χ0v) is 13.7. The highest BCUT2D eigenvalue weighted by Gasteiger charge is 2.44. The number of imide groups is 2. The summed E-state index contributed by atoms with van der Waals surface area (Å²) in [7, 11) is 0. The number of rotatable bonds is 5. The molecule has 4 amide bonds. The van der Waals surface area contributed by atoms with Gasteiger partial charge in [-0.2, -0.15) is 0 Å². The summed E-state index contributed by atoms with van der Waals surface area (Å²) in [5.74, 6) is -1.95. The summed E-state index contributed by atoms with van der Waals surface area (Å²) in [6.45, 7) is 3.36. The quantitative estimate of drug-likeness (QED) is 0.614. The maximum absolute atomic E-state index is 12.6. The fourth-order valence-electron chi connectivity index (χ4n) is 3.30. The van der Waals surface area contributed by atoms with Gasteiger partial charge in [-0.1, -0.05) is 19.8 Å². The smallest absolute Gasteiger partial charge is 0.331 e. The van der Waals surface area contributed by atoms with Gasteiger partial charge in [0.2, 0.25) is 11.8 Å². The Morgan fingerprint density at radius 1 is 1.22 bits per heavy atom. The van der Waals surface area contributed by atoms with Crippen LogP contribution in [0.15, 0.2) is 0 Å². The maximum atomic E-state index is 12.6. The van der Waals surface area contributed by atoms with E-state index >= 15 is 0 Å². The lowest BCUT2D eigenvalue weighted by atomic mass is 9.89. The third-order valence-corrected chi connectivity index (χ3v) is 4.49. The molecule has 2 aliphatic rings. The predicted molar refractivity (Wildman–Crippen MR) is 81.2 cm³/mol. The van der Waals surface area contributed by atoms with Gasteiger partial charge in [-0.05, 0) is 32.1 Å². The average molecular weight is 324 g/mol. The van der Waals surface area contributed by atoms with E-state index in [4.69, 9.17) is 4.74 Å². The molecule has 1 heterocycles. The maximum Gasteiger partial charge on any atom is 0.331 e. The van der Waals surface area contributed by atoms with Gasteiger partial charge in [-0.15, -0.1) is 0 Å². The molecular formula is C16H24N2O5. The molecule has 1 aliphatic heterocycles. The second kappa shape index (κ2) is 7.57. The normalized spacial score (nSPS) is 28.5. The topological polar surface area (TPSA) is 92.8 Å². The number of carbonyl (C=O) groups excluding carboxylic acids is 4. The number of hydrogen-bond donors (Lipinski definition) is 1. The Morgan fingerprint density at radius 3 is 2.43 bits per heavy atom. The number of nitrogens with one attached hydrogen (secondary N) is 1. The third kappa shape index (κ3) is 4.09. The van der Waals surface area contributed by atoms with Crippen molar-refractivity contribution in [2.45, 2.75) is 70.9 Å². The first-order chi connectivity index (χ1) is 10.9. The molecule has 0 radical (unpaired) electrons. The molecule has 2 fully saturated rings. The van der Waals surface area contributed by atoms with Gasteiger partial charge < -0.3 is 4.74 Å². The Morgan fingerprint density at radius 2 is 1.87 bits per heavy atom. The van der Waals surface area contributed by atoms with Crippen LogP contribution in [0, 0.1) is 5.92 Å². The molecule has 1 N–H and O–H groups in total. The van der Waals surface area contributed by atoms with E-state index in [1.165, 1.54) is 11.8 Å². The largest absolute Gasteiger partial charge is 0.463 e. The minimum atomic E-state index is -0.765. The Bertz CT molecular complexity index is 497. The Hall–Kier alpha value is -1.92. The van der Waals surface area contributed by atoms with Crippen molar-refractivity contribution >= 4 is 23.8 Å². The van der Waals surface area contributed by atoms with E-state index in [0.717, 1.165) is 12.8 Å². The summed E-state index contributed by atoms with van der Waals surface area (Å²) in [6, 6.07) is -0.852. The van der Waals surface area contributed by atoms with Gasteiger partial charge in [0.25, 0.3) is 0 Å². The van der Waals surface area contributed by atoms with Crippen molar-refractivity contribution in [3.05, 3.63) is 0 Å². The number of unbranched alkanes of at least 4 members (excludes halogenated alkanes) is 1. The van der Waals surface area contributed by atoms with Crippen molar-refractivity contribution in [3.8, 4) is 0 Å². The van der Waals surface area contributed by atoms with E-state index in [9.17, 15) is 19.2 Å². The first-order valence-electron chi connectivity index (χ1n) is 8.29. The summed E-state index contributed by atoms with van der Waals surface area (Å²) < 4.78 is 5.17. The van der Waals surface area contributed by atoms with E-state index in [2.05, 4.69) is 5.32 Å². The highest BCUT2D eigenvalue weighted by molar-refractivity contribution is 6.16. The van der Waals surface area contributed by atoms with Crippen molar-refractivity contribution in [1.29, 1.82) is 0 Å². The van der Waals surface area contributed by atoms with Crippen molar-refractivity contribution in [2.24, 2.45) is 5.92 Å². The molecule has 2 rings (SSSR count). The molecule has 0 aromatic rings. The second-order valence-corrected chi connectivity index (χ2v) is 6.24. The fraction of sp³-hybridized carbons (Fsp3) is 0.750. The van der Waals surface area contributed by atoms with Crippen molar-refractivity contribution in [3.63, 3.8) is 0 Å². The van der Waals surface area contributed by atoms with Crippen LogP contribution in [0.25, 0.3) is 0 Å². The lowest BCUT2D eigenvalue weighted by molar-refractivity contribution is -0.151. The van der Waals surface area contributed by atoms with Crippen LogP contribution in [0.1, 0.15) is 58.8 Å². The number of urea groups is 1. The molecular weight excluding hydrogens is 300 g/mol. The Kier molecular flexibility index (Phi) is 5.74. The van der Waals surface area contributed by atoms with Crippen LogP contribution in [-0.4, -0.2) is 40.9 Å². The minimum Gasteiger partial charge on any atom is -0.463 e. The first-order valence-corrected chi connectivity index (χ1v) is 8.29. The molecule has 7 nitrogen and oxygen atoms in total. The molecule has 7 heteroatoms. The summed E-state index contributed by atoms with van der Waals surface area (Å²) in [5.41, 5.74) is 0. The van der Waals surface area contributed by atoms with Crippen LogP contribution in [0.2, 0.25) is 0 Å². The third-order valence-electron chi connectivity index (χ3n) is 4.49. The van der Waals surface area contributed by atoms with Crippen LogP contribution in [0.4, 0.5) is 4.79 Å². The molecule has 0 bridgehead atoms. The lowest BCUT2D eigenvalue weighted by Gasteiger charge is -2.38.